The van der Waals surface area contributed by atoms with Gasteiger partial charge in [0.15, 0.2) is 0 Å². The smallest absolute Gasteiger partial charge is 0.220 e. The van der Waals surface area contributed by atoms with E-state index in [0.717, 1.165) is 12.8 Å². The standard InChI is InChI=1S/C11H24N2O.ClH/c1-5-6-7-10(14)13-11(4,8-12)9(2)3;/h9H,5-8,12H2,1-4H3,(H,13,14);1H. The topological polar surface area (TPSA) is 55.1 Å². The van der Waals surface area contributed by atoms with Crippen molar-refractivity contribution >= 4 is 18.3 Å². The Morgan fingerprint density at radius 1 is 1.47 bits per heavy atom. The fraction of sp³-hybridized carbons (Fsp3) is 0.909. The van der Waals surface area contributed by atoms with Crippen LogP contribution in [0.5, 0.6) is 0 Å². The molecule has 15 heavy (non-hydrogen) atoms. The van der Waals surface area contributed by atoms with Crippen molar-refractivity contribution < 1.29 is 4.79 Å². The number of nitrogens with two attached hydrogens (primary N) is 1. The monoisotopic (exact) mass is 236 g/mol. The van der Waals surface area contributed by atoms with Crippen LogP contribution in [0.15, 0.2) is 0 Å². The Kier molecular flexibility index (Phi) is 9.07. The number of halogens is 1. The van der Waals surface area contributed by atoms with E-state index in [9.17, 15) is 4.79 Å². The van der Waals surface area contributed by atoms with E-state index in [4.69, 9.17) is 5.73 Å². The summed E-state index contributed by atoms with van der Waals surface area (Å²) in [6, 6.07) is 0. The first-order valence-corrected chi connectivity index (χ1v) is 5.47. The van der Waals surface area contributed by atoms with E-state index in [1.165, 1.54) is 0 Å². The maximum Gasteiger partial charge on any atom is 0.220 e. The molecule has 0 saturated carbocycles. The van der Waals surface area contributed by atoms with Crippen LogP contribution in [-0.2, 0) is 4.79 Å². The maximum atomic E-state index is 11.5. The molecule has 4 heteroatoms. The Labute approximate surface area is 99.6 Å². The zero-order valence-corrected chi connectivity index (χ0v) is 11.1. The van der Waals surface area contributed by atoms with Gasteiger partial charge in [0.1, 0.15) is 0 Å². The molecule has 0 radical (unpaired) electrons. The van der Waals surface area contributed by atoms with Gasteiger partial charge in [0, 0.05) is 13.0 Å². The van der Waals surface area contributed by atoms with Crippen LogP contribution in [-0.4, -0.2) is 18.0 Å². The Morgan fingerprint density at radius 2 is 2.00 bits per heavy atom. The Morgan fingerprint density at radius 3 is 2.33 bits per heavy atom. The Hall–Kier alpha value is -0.280. The normalized spacial score (nSPS) is 14.3. The molecule has 0 aromatic rings. The van der Waals surface area contributed by atoms with Gasteiger partial charge in [-0.3, -0.25) is 4.79 Å². The molecule has 0 heterocycles. The zero-order valence-electron chi connectivity index (χ0n) is 10.3. The van der Waals surface area contributed by atoms with Crippen molar-refractivity contribution in [1.29, 1.82) is 0 Å². The van der Waals surface area contributed by atoms with Gasteiger partial charge in [-0.25, -0.2) is 0 Å². The number of nitrogens with one attached hydrogen (secondary N) is 1. The summed E-state index contributed by atoms with van der Waals surface area (Å²) in [6.45, 7) is 8.72. The predicted octanol–water partition coefficient (Wildman–Crippen LogP) is 2.09. The number of hydrogen-bond donors (Lipinski definition) is 2. The van der Waals surface area contributed by atoms with Gasteiger partial charge in [-0.05, 0) is 19.3 Å². The van der Waals surface area contributed by atoms with Crippen LogP contribution in [0.25, 0.3) is 0 Å². The molecule has 3 N–H and O–H groups in total. The highest BCUT2D eigenvalue weighted by atomic mass is 35.5. The first-order valence-electron chi connectivity index (χ1n) is 5.47. The minimum atomic E-state index is -0.259. The average molecular weight is 237 g/mol. The molecular weight excluding hydrogens is 212 g/mol. The largest absolute Gasteiger partial charge is 0.349 e. The molecule has 1 atom stereocenters. The SMILES string of the molecule is CCCCC(=O)NC(C)(CN)C(C)C.Cl. The Balaban J connectivity index is 0. The molecule has 0 aliphatic rings. The number of carbonyl (C=O) groups is 1. The summed E-state index contributed by atoms with van der Waals surface area (Å²) < 4.78 is 0. The van der Waals surface area contributed by atoms with Gasteiger partial charge in [0.25, 0.3) is 0 Å². The van der Waals surface area contributed by atoms with Gasteiger partial charge >= 0.3 is 0 Å². The summed E-state index contributed by atoms with van der Waals surface area (Å²) in [4.78, 5) is 11.5. The van der Waals surface area contributed by atoms with E-state index < -0.39 is 0 Å². The molecule has 0 bridgehead atoms. The van der Waals surface area contributed by atoms with E-state index in [2.05, 4.69) is 26.1 Å². The molecule has 0 fully saturated rings. The molecule has 0 aliphatic carbocycles. The van der Waals surface area contributed by atoms with Gasteiger partial charge in [-0.15, -0.1) is 12.4 Å². The lowest BCUT2D eigenvalue weighted by Crippen LogP contribution is -2.54. The second-order valence-corrected chi connectivity index (χ2v) is 4.43. The molecule has 92 valence electrons. The third kappa shape index (κ3) is 6.00. The summed E-state index contributed by atoms with van der Waals surface area (Å²) >= 11 is 0. The van der Waals surface area contributed by atoms with Crippen molar-refractivity contribution in [2.24, 2.45) is 11.7 Å². The van der Waals surface area contributed by atoms with Gasteiger partial charge < -0.3 is 11.1 Å². The third-order valence-electron chi connectivity index (χ3n) is 2.88. The summed E-state index contributed by atoms with van der Waals surface area (Å²) in [7, 11) is 0. The van der Waals surface area contributed by atoms with Crippen LogP contribution in [0, 0.1) is 5.92 Å². The average Bonchev–Trinajstić information content (AvgIpc) is 2.14. The number of amides is 1. The van der Waals surface area contributed by atoms with E-state index in [1.807, 2.05) is 6.92 Å². The van der Waals surface area contributed by atoms with E-state index in [1.54, 1.807) is 0 Å². The minimum absolute atomic E-state index is 0. The molecule has 1 unspecified atom stereocenters. The number of hydrogen-bond acceptors (Lipinski definition) is 2. The second kappa shape index (κ2) is 7.94. The quantitative estimate of drug-likeness (QED) is 0.742. The van der Waals surface area contributed by atoms with Crippen LogP contribution < -0.4 is 11.1 Å². The lowest BCUT2D eigenvalue weighted by molar-refractivity contribution is -0.123. The van der Waals surface area contributed by atoms with Gasteiger partial charge in [0.2, 0.25) is 5.91 Å². The molecule has 0 spiro atoms. The summed E-state index contributed by atoms with van der Waals surface area (Å²) in [5.74, 6) is 0.478. The molecule has 0 aliphatic heterocycles. The second-order valence-electron chi connectivity index (χ2n) is 4.43. The molecule has 0 saturated heterocycles. The highest BCUT2D eigenvalue weighted by molar-refractivity contribution is 5.85. The minimum Gasteiger partial charge on any atom is -0.349 e. The fourth-order valence-corrected chi connectivity index (χ4v) is 1.15. The van der Waals surface area contributed by atoms with Crippen molar-refractivity contribution in [3.8, 4) is 0 Å². The zero-order chi connectivity index (χ0) is 11.2. The van der Waals surface area contributed by atoms with Crippen LogP contribution in [0.3, 0.4) is 0 Å². The highest BCUT2D eigenvalue weighted by Gasteiger charge is 2.27. The molecule has 1 amide bonds. The van der Waals surface area contributed by atoms with Crippen molar-refractivity contribution in [3.05, 3.63) is 0 Å². The van der Waals surface area contributed by atoms with Crippen molar-refractivity contribution in [2.75, 3.05) is 6.54 Å². The van der Waals surface area contributed by atoms with Crippen LogP contribution in [0.4, 0.5) is 0 Å². The number of unbranched alkanes of at least 4 members (excludes halogenated alkanes) is 1. The van der Waals surface area contributed by atoms with Crippen molar-refractivity contribution in [1.82, 2.24) is 5.32 Å². The first kappa shape index (κ1) is 17.1. The fourth-order valence-electron chi connectivity index (χ4n) is 1.15. The predicted molar refractivity (Wildman–Crippen MR) is 67.2 cm³/mol. The lowest BCUT2D eigenvalue weighted by atomic mass is 9.88. The Bertz CT molecular complexity index is 185. The summed E-state index contributed by atoms with van der Waals surface area (Å²) in [6.07, 6.45) is 2.61. The van der Waals surface area contributed by atoms with E-state index >= 15 is 0 Å². The number of carbonyl (C=O) groups excluding carboxylic acids is 1. The maximum absolute atomic E-state index is 11.5. The van der Waals surface area contributed by atoms with Gasteiger partial charge in [-0.1, -0.05) is 27.2 Å². The van der Waals surface area contributed by atoms with Crippen LogP contribution in [0.1, 0.15) is 47.0 Å². The first-order chi connectivity index (χ1) is 6.46. The van der Waals surface area contributed by atoms with E-state index in [-0.39, 0.29) is 23.9 Å². The molecule has 0 aromatic carbocycles. The highest BCUT2D eigenvalue weighted by Crippen LogP contribution is 2.15. The van der Waals surface area contributed by atoms with Gasteiger partial charge in [0.05, 0.1) is 5.54 Å². The van der Waals surface area contributed by atoms with Crippen molar-refractivity contribution in [2.45, 2.75) is 52.5 Å². The number of rotatable bonds is 6. The van der Waals surface area contributed by atoms with Crippen LogP contribution >= 0.6 is 12.4 Å². The molecule has 0 rings (SSSR count). The van der Waals surface area contributed by atoms with Crippen molar-refractivity contribution in [3.63, 3.8) is 0 Å². The third-order valence-corrected chi connectivity index (χ3v) is 2.88. The summed E-state index contributed by atoms with van der Waals surface area (Å²) in [5, 5.41) is 3.01. The van der Waals surface area contributed by atoms with Crippen LogP contribution in [0.2, 0.25) is 0 Å². The molecule has 3 nitrogen and oxygen atoms in total. The summed E-state index contributed by atoms with van der Waals surface area (Å²) in [5.41, 5.74) is 5.41. The van der Waals surface area contributed by atoms with Gasteiger partial charge in [-0.2, -0.15) is 0 Å². The van der Waals surface area contributed by atoms with E-state index in [0.29, 0.717) is 18.9 Å². The molecular formula is C11H25ClN2O. The lowest BCUT2D eigenvalue weighted by Gasteiger charge is -2.33. The molecule has 0 aromatic heterocycles.